The summed E-state index contributed by atoms with van der Waals surface area (Å²) in [5.41, 5.74) is 1.94. The fraction of sp³-hybridized carbons (Fsp3) is 0.111. The van der Waals surface area contributed by atoms with Gasteiger partial charge in [-0.1, -0.05) is 13.2 Å². The van der Waals surface area contributed by atoms with E-state index in [1.807, 2.05) is 22.9 Å². The van der Waals surface area contributed by atoms with E-state index in [-0.39, 0.29) is 0 Å². The standard InChI is InChI=1S/C9H10ClN/c1-3-11-6-4-5-9(11)8(2)7-10/h3-6H,1-2,7H2. The average Bonchev–Trinajstić information content (AvgIpc) is 2.50. The van der Waals surface area contributed by atoms with Crippen LogP contribution in [-0.4, -0.2) is 10.4 Å². The maximum absolute atomic E-state index is 5.63. The Kier molecular flexibility index (Phi) is 2.55. The van der Waals surface area contributed by atoms with Crippen molar-refractivity contribution in [2.45, 2.75) is 0 Å². The molecule has 11 heavy (non-hydrogen) atoms. The smallest absolute Gasteiger partial charge is 0.0488 e. The predicted octanol–water partition coefficient (Wildman–Crippen LogP) is 2.84. The zero-order valence-electron chi connectivity index (χ0n) is 6.26. The van der Waals surface area contributed by atoms with Crippen LogP contribution >= 0.6 is 11.6 Å². The van der Waals surface area contributed by atoms with Crippen molar-refractivity contribution in [1.82, 2.24) is 4.57 Å². The monoisotopic (exact) mass is 167 g/mol. The largest absolute Gasteiger partial charge is 0.324 e. The van der Waals surface area contributed by atoms with Crippen molar-refractivity contribution >= 4 is 23.4 Å². The first-order chi connectivity index (χ1) is 5.29. The quantitative estimate of drug-likeness (QED) is 0.611. The summed E-state index contributed by atoms with van der Waals surface area (Å²) < 4.78 is 1.89. The molecular formula is C9H10ClN. The van der Waals surface area contributed by atoms with E-state index in [1.165, 1.54) is 0 Å². The van der Waals surface area contributed by atoms with Gasteiger partial charge >= 0.3 is 0 Å². The second-order valence-corrected chi connectivity index (χ2v) is 2.49. The van der Waals surface area contributed by atoms with Gasteiger partial charge in [-0.25, -0.2) is 0 Å². The van der Waals surface area contributed by atoms with Gasteiger partial charge in [0.25, 0.3) is 0 Å². The van der Waals surface area contributed by atoms with Crippen LogP contribution in [-0.2, 0) is 0 Å². The van der Waals surface area contributed by atoms with Crippen molar-refractivity contribution < 1.29 is 0 Å². The fourth-order valence-electron chi connectivity index (χ4n) is 0.921. The summed E-state index contributed by atoms with van der Waals surface area (Å²) in [7, 11) is 0. The Bertz CT molecular complexity index is 273. The van der Waals surface area contributed by atoms with Crippen LogP contribution in [0, 0.1) is 0 Å². The maximum atomic E-state index is 5.63. The number of nitrogens with zero attached hydrogens (tertiary/aromatic N) is 1. The first kappa shape index (κ1) is 8.15. The summed E-state index contributed by atoms with van der Waals surface area (Å²) in [5, 5.41) is 0. The summed E-state index contributed by atoms with van der Waals surface area (Å²) in [6.45, 7) is 7.48. The van der Waals surface area contributed by atoms with Crippen LogP contribution in [0.1, 0.15) is 5.69 Å². The molecule has 1 rings (SSSR count). The summed E-state index contributed by atoms with van der Waals surface area (Å²) in [6, 6.07) is 3.90. The molecule has 0 fully saturated rings. The number of halogens is 1. The fourth-order valence-corrected chi connectivity index (χ4v) is 1.06. The average molecular weight is 168 g/mol. The van der Waals surface area contributed by atoms with Crippen molar-refractivity contribution in [1.29, 1.82) is 0 Å². The minimum Gasteiger partial charge on any atom is -0.324 e. The Balaban J connectivity index is 3.01. The molecule has 0 aliphatic rings. The summed E-state index contributed by atoms with van der Waals surface area (Å²) in [4.78, 5) is 0. The van der Waals surface area contributed by atoms with Gasteiger partial charge in [0, 0.05) is 24.0 Å². The van der Waals surface area contributed by atoms with E-state index in [0.717, 1.165) is 11.3 Å². The summed E-state index contributed by atoms with van der Waals surface area (Å²) >= 11 is 5.63. The first-order valence-electron chi connectivity index (χ1n) is 3.33. The molecule has 0 atom stereocenters. The van der Waals surface area contributed by atoms with Crippen molar-refractivity contribution in [3.8, 4) is 0 Å². The van der Waals surface area contributed by atoms with E-state index in [1.54, 1.807) is 6.20 Å². The Morgan fingerprint density at radius 2 is 2.45 bits per heavy atom. The molecule has 0 aliphatic carbocycles. The molecule has 0 saturated carbocycles. The maximum Gasteiger partial charge on any atom is 0.0488 e. The van der Waals surface area contributed by atoms with Crippen LogP contribution in [0.25, 0.3) is 11.8 Å². The Morgan fingerprint density at radius 1 is 1.73 bits per heavy atom. The lowest BCUT2D eigenvalue weighted by Crippen LogP contribution is -1.91. The zero-order valence-corrected chi connectivity index (χ0v) is 7.01. The highest BCUT2D eigenvalue weighted by Crippen LogP contribution is 2.14. The lowest BCUT2D eigenvalue weighted by atomic mass is 10.2. The molecule has 1 aromatic heterocycles. The van der Waals surface area contributed by atoms with Gasteiger partial charge in [0.05, 0.1) is 0 Å². The molecule has 1 aromatic rings. The van der Waals surface area contributed by atoms with E-state index in [4.69, 9.17) is 11.6 Å². The van der Waals surface area contributed by atoms with Crippen LogP contribution in [0.15, 0.2) is 31.5 Å². The van der Waals surface area contributed by atoms with Crippen LogP contribution in [0.3, 0.4) is 0 Å². The van der Waals surface area contributed by atoms with E-state index in [2.05, 4.69) is 13.2 Å². The summed E-state index contributed by atoms with van der Waals surface area (Å²) in [6.07, 6.45) is 3.65. The minimum atomic E-state index is 0.456. The van der Waals surface area contributed by atoms with Gasteiger partial charge in [-0.3, -0.25) is 0 Å². The van der Waals surface area contributed by atoms with Gasteiger partial charge in [-0.2, -0.15) is 0 Å². The number of alkyl halides is 1. The van der Waals surface area contributed by atoms with Crippen molar-refractivity contribution in [2.24, 2.45) is 0 Å². The zero-order chi connectivity index (χ0) is 8.27. The number of hydrogen-bond donors (Lipinski definition) is 0. The third-order valence-electron chi connectivity index (χ3n) is 1.50. The van der Waals surface area contributed by atoms with E-state index >= 15 is 0 Å². The normalized spacial score (nSPS) is 9.55. The lowest BCUT2D eigenvalue weighted by Gasteiger charge is -2.02. The molecule has 0 spiro atoms. The molecule has 0 N–H and O–H groups in total. The lowest BCUT2D eigenvalue weighted by molar-refractivity contribution is 1.14. The molecule has 0 amide bonds. The van der Waals surface area contributed by atoms with Gasteiger partial charge in [0.15, 0.2) is 0 Å². The van der Waals surface area contributed by atoms with Crippen molar-refractivity contribution in [3.63, 3.8) is 0 Å². The first-order valence-corrected chi connectivity index (χ1v) is 3.86. The second kappa shape index (κ2) is 3.44. The van der Waals surface area contributed by atoms with Gasteiger partial charge < -0.3 is 4.57 Å². The topological polar surface area (TPSA) is 4.93 Å². The molecule has 1 nitrogen and oxygen atoms in total. The van der Waals surface area contributed by atoms with Crippen molar-refractivity contribution in [3.05, 3.63) is 37.2 Å². The highest BCUT2D eigenvalue weighted by atomic mass is 35.5. The van der Waals surface area contributed by atoms with Crippen LogP contribution in [0.4, 0.5) is 0 Å². The van der Waals surface area contributed by atoms with E-state index in [9.17, 15) is 0 Å². The molecule has 1 heterocycles. The molecule has 0 unspecified atom stereocenters. The predicted molar refractivity (Wildman–Crippen MR) is 50.6 cm³/mol. The Labute approximate surface area is 71.6 Å². The van der Waals surface area contributed by atoms with Crippen molar-refractivity contribution in [2.75, 3.05) is 5.88 Å². The van der Waals surface area contributed by atoms with E-state index in [0.29, 0.717) is 5.88 Å². The highest BCUT2D eigenvalue weighted by Gasteiger charge is 2.00. The molecule has 58 valence electrons. The number of hydrogen-bond acceptors (Lipinski definition) is 0. The number of aromatic nitrogens is 1. The SMILES string of the molecule is C=Cn1cccc1C(=C)CCl. The minimum absolute atomic E-state index is 0.456. The van der Waals surface area contributed by atoms with Gasteiger partial charge in [0.1, 0.15) is 0 Å². The van der Waals surface area contributed by atoms with Crippen LogP contribution in [0.5, 0.6) is 0 Å². The Morgan fingerprint density at radius 3 is 3.00 bits per heavy atom. The highest BCUT2D eigenvalue weighted by molar-refractivity contribution is 6.23. The van der Waals surface area contributed by atoms with Gasteiger partial charge in [0.2, 0.25) is 0 Å². The third kappa shape index (κ3) is 1.55. The molecule has 0 bridgehead atoms. The van der Waals surface area contributed by atoms with E-state index < -0.39 is 0 Å². The third-order valence-corrected chi connectivity index (χ3v) is 1.82. The Hall–Kier alpha value is -0.950. The summed E-state index contributed by atoms with van der Waals surface area (Å²) in [5.74, 6) is 0.456. The number of rotatable bonds is 3. The van der Waals surface area contributed by atoms with Crippen LogP contribution in [0.2, 0.25) is 0 Å². The molecular weight excluding hydrogens is 158 g/mol. The molecule has 0 saturated heterocycles. The molecule has 0 radical (unpaired) electrons. The second-order valence-electron chi connectivity index (χ2n) is 2.22. The van der Waals surface area contributed by atoms with Gasteiger partial charge in [-0.15, -0.1) is 11.6 Å². The molecule has 0 aromatic carbocycles. The number of allylic oxidation sites excluding steroid dienone is 1. The molecule has 0 aliphatic heterocycles. The molecule has 2 heteroatoms. The van der Waals surface area contributed by atoms with Gasteiger partial charge in [-0.05, 0) is 17.7 Å². The van der Waals surface area contributed by atoms with Crippen LogP contribution < -0.4 is 0 Å².